The molecule has 1 atom stereocenters. The molecule has 0 aliphatic carbocycles. The van der Waals surface area contributed by atoms with Crippen LogP contribution in [-0.2, 0) is 10.5 Å². The van der Waals surface area contributed by atoms with Crippen LogP contribution < -0.4 is 14.8 Å². The zero-order valence-electron chi connectivity index (χ0n) is 14.4. The normalized spacial score (nSPS) is 14.0. The van der Waals surface area contributed by atoms with Crippen molar-refractivity contribution in [2.24, 2.45) is 0 Å². The monoisotopic (exact) mass is 357 g/mol. The summed E-state index contributed by atoms with van der Waals surface area (Å²) in [5.74, 6) is 3.34. The fourth-order valence-corrected chi connectivity index (χ4v) is 3.56. The molecule has 0 saturated carbocycles. The second-order valence-corrected chi connectivity index (χ2v) is 7.09. The van der Waals surface area contributed by atoms with Gasteiger partial charge in [0, 0.05) is 17.9 Å². The molecule has 4 nitrogen and oxygen atoms in total. The number of fused-ring (bicyclic) bond motifs is 1. The zero-order valence-corrected chi connectivity index (χ0v) is 15.2. The molecule has 0 radical (unpaired) electrons. The van der Waals surface area contributed by atoms with Gasteiger partial charge in [0.15, 0.2) is 11.5 Å². The van der Waals surface area contributed by atoms with E-state index in [-0.39, 0.29) is 11.9 Å². The largest absolute Gasteiger partial charge is 0.486 e. The lowest BCUT2D eigenvalue weighted by atomic mass is 10.1. The number of carbonyl (C=O) groups is 1. The van der Waals surface area contributed by atoms with Gasteiger partial charge in [-0.25, -0.2) is 0 Å². The maximum Gasteiger partial charge on any atom is 0.221 e. The van der Waals surface area contributed by atoms with Gasteiger partial charge in [-0.3, -0.25) is 4.79 Å². The molecular weight excluding hydrogens is 334 g/mol. The minimum Gasteiger partial charge on any atom is -0.486 e. The summed E-state index contributed by atoms with van der Waals surface area (Å²) in [7, 11) is 0. The van der Waals surface area contributed by atoms with E-state index in [1.165, 1.54) is 5.56 Å². The minimum absolute atomic E-state index is 0.0533. The van der Waals surface area contributed by atoms with E-state index in [0.29, 0.717) is 19.6 Å². The van der Waals surface area contributed by atoms with Gasteiger partial charge in [0.2, 0.25) is 5.91 Å². The summed E-state index contributed by atoms with van der Waals surface area (Å²) in [6.07, 6.45) is 0.520. The van der Waals surface area contributed by atoms with Crippen molar-refractivity contribution in [3.63, 3.8) is 0 Å². The first-order valence-corrected chi connectivity index (χ1v) is 9.68. The number of thioether (sulfide) groups is 1. The Balaban J connectivity index is 1.43. The minimum atomic E-state index is -0.0533. The van der Waals surface area contributed by atoms with E-state index >= 15 is 0 Å². The van der Waals surface area contributed by atoms with Crippen LogP contribution in [0.5, 0.6) is 11.5 Å². The van der Waals surface area contributed by atoms with Crippen LogP contribution in [0, 0.1) is 0 Å². The third kappa shape index (κ3) is 5.16. The highest BCUT2D eigenvalue weighted by Gasteiger charge is 2.15. The predicted molar refractivity (Wildman–Crippen MR) is 101 cm³/mol. The fourth-order valence-electron chi connectivity index (χ4n) is 2.66. The number of nitrogens with one attached hydrogen (secondary N) is 1. The number of hydrogen-bond donors (Lipinski definition) is 1. The van der Waals surface area contributed by atoms with E-state index in [1.54, 1.807) is 11.8 Å². The van der Waals surface area contributed by atoms with Gasteiger partial charge in [0.1, 0.15) is 13.2 Å². The Labute approximate surface area is 152 Å². The first-order valence-electron chi connectivity index (χ1n) is 8.53. The number of amides is 1. The molecule has 0 aromatic heterocycles. The molecule has 0 spiro atoms. The van der Waals surface area contributed by atoms with Crippen molar-refractivity contribution < 1.29 is 14.3 Å². The van der Waals surface area contributed by atoms with Crippen LogP contribution in [0.4, 0.5) is 0 Å². The van der Waals surface area contributed by atoms with Crippen LogP contribution >= 0.6 is 11.8 Å². The molecule has 132 valence electrons. The summed E-state index contributed by atoms with van der Waals surface area (Å²) >= 11 is 1.78. The van der Waals surface area contributed by atoms with Crippen LogP contribution in [0.1, 0.15) is 30.5 Å². The number of hydrogen-bond acceptors (Lipinski definition) is 4. The van der Waals surface area contributed by atoms with Crippen molar-refractivity contribution in [2.45, 2.75) is 25.1 Å². The molecule has 0 saturated heterocycles. The Morgan fingerprint density at radius 1 is 1.12 bits per heavy atom. The van der Waals surface area contributed by atoms with E-state index in [1.807, 2.05) is 43.3 Å². The highest BCUT2D eigenvalue weighted by Crippen LogP contribution is 2.32. The van der Waals surface area contributed by atoms with Crippen LogP contribution in [0.2, 0.25) is 0 Å². The fraction of sp³-hybridized carbons (Fsp3) is 0.350. The lowest BCUT2D eigenvalue weighted by molar-refractivity contribution is -0.121. The number of carbonyl (C=O) groups excluding carboxylic acids is 1. The van der Waals surface area contributed by atoms with Gasteiger partial charge in [-0.2, -0.15) is 11.8 Å². The molecule has 0 unspecified atom stereocenters. The average molecular weight is 357 g/mol. The summed E-state index contributed by atoms with van der Waals surface area (Å²) in [6, 6.07) is 16.1. The van der Waals surface area contributed by atoms with Crippen molar-refractivity contribution >= 4 is 17.7 Å². The molecule has 25 heavy (non-hydrogen) atoms. The van der Waals surface area contributed by atoms with Crippen LogP contribution in [0.3, 0.4) is 0 Å². The van der Waals surface area contributed by atoms with Gasteiger partial charge in [-0.1, -0.05) is 36.4 Å². The smallest absolute Gasteiger partial charge is 0.221 e. The topological polar surface area (TPSA) is 47.6 Å². The SMILES string of the molecule is C[C@@H](NC(=O)CCSCc1ccccc1)c1ccc2c(c1)OCCO2. The van der Waals surface area contributed by atoms with Gasteiger partial charge in [0.25, 0.3) is 0 Å². The molecule has 2 aromatic rings. The Bertz CT molecular complexity index is 705. The molecule has 0 fully saturated rings. The summed E-state index contributed by atoms with van der Waals surface area (Å²) in [5, 5.41) is 3.05. The van der Waals surface area contributed by atoms with Crippen molar-refractivity contribution in [3.8, 4) is 11.5 Å². The summed E-state index contributed by atoms with van der Waals surface area (Å²) in [6.45, 7) is 3.13. The molecule has 1 aliphatic rings. The van der Waals surface area contributed by atoms with Crippen LogP contribution in [0.25, 0.3) is 0 Å². The molecule has 0 bridgehead atoms. The molecule has 1 aliphatic heterocycles. The Morgan fingerprint density at radius 3 is 2.68 bits per heavy atom. The molecule has 1 N–H and O–H groups in total. The summed E-state index contributed by atoms with van der Waals surface area (Å²) < 4.78 is 11.1. The van der Waals surface area contributed by atoms with Gasteiger partial charge in [-0.15, -0.1) is 0 Å². The van der Waals surface area contributed by atoms with Gasteiger partial charge in [-0.05, 0) is 30.2 Å². The standard InChI is InChI=1S/C20H23NO3S/c1-15(17-7-8-18-19(13-17)24-11-10-23-18)21-20(22)9-12-25-14-16-5-3-2-4-6-16/h2-8,13,15H,9-12,14H2,1H3,(H,21,22)/t15-/m1/s1. The van der Waals surface area contributed by atoms with E-state index < -0.39 is 0 Å². The third-order valence-corrected chi connectivity index (χ3v) is 5.06. The highest BCUT2D eigenvalue weighted by molar-refractivity contribution is 7.98. The number of rotatable bonds is 7. The summed E-state index contributed by atoms with van der Waals surface area (Å²) in [4.78, 5) is 12.1. The van der Waals surface area contributed by atoms with Gasteiger partial charge in [0.05, 0.1) is 6.04 Å². The number of benzene rings is 2. The van der Waals surface area contributed by atoms with Crippen molar-refractivity contribution in [1.82, 2.24) is 5.32 Å². The predicted octanol–water partition coefficient (Wildman–Crippen LogP) is 3.96. The van der Waals surface area contributed by atoms with Crippen molar-refractivity contribution in [1.29, 1.82) is 0 Å². The average Bonchev–Trinajstić information content (AvgIpc) is 2.65. The molecular formula is C20H23NO3S. The van der Waals surface area contributed by atoms with E-state index in [2.05, 4.69) is 17.4 Å². The molecule has 3 rings (SSSR count). The van der Waals surface area contributed by atoms with E-state index in [0.717, 1.165) is 28.6 Å². The third-order valence-electron chi connectivity index (χ3n) is 4.03. The Morgan fingerprint density at radius 2 is 1.88 bits per heavy atom. The molecule has 2 aromatic carbocycles. The van der Waals surface area contributed by atoms with Gasteiger partial charge >= 0.3 is 0 Å². The second kappa shape index (κ2) is 8.81. The maximum atomic E-state index is 12.1. The van der Waals surface area contributed by atoms with Crippen LogP contribution in [-0.4, -0.2) is 24.9 Å². The first-order chi connectivity index (χ1) is 12.2. The summed E-state index contributed by atoms with van der Waals surface area (Å²) in [5.41, 5.74) is 2.31. The van der Waals surface area contributed by atoms with E-state index in [9.17, 15) is 4.79 Å². The van der Waals surface area contributed by atoms with Crippen LogP contribution in [0.15, 0.2) is 48.5 Å². The lowest BCUT2D eigenvalue weighted by Gasteiger charge is -2.21. The lowest BCUT2D eigenvalue weighted by Crippen LogP contribution is -2.27. The second-order valence-electron chi connectivity index (χ2n) is 5.98. The highest BCUT2D eigenvalue weighted by atomic mass is 32.2. The zero-order chi connectivity index (χ0) is 17.5. The maximum absolute atomic E-state index is 12.1. The van der Waals surface area contributed by atoms with Crippen molar-refractivity contribution in [3.05, 3.63) is 59.7 Å². The molecule has 1 amide bonds. The Kier molecular flexibility index (Phi) is 6.23. The number of ether oxygens (including phenoxy) is 2. The first kappa shape index (κ1) is 17.7. The molecule has 5 heteroatoms. The quantitative estimate of drug-likeness (QED) is 0.762. The van der Waals surface area contributed by atoms with E-state index in [4.69, 9.17) is 9.47 Å². The van der Waals surface area contributed by atoms with Gasteiger partial charge < -0.3 is 14.8 Å². The Hall–Kier alpha value is -2.14. The van der Waals surface area contributed by atoms with Crippen molar-refractivity contribution in [2.75, 3.05) is 19.0 Å². The molecule has 1 heterocycles.